The van der Waals surface area contributed by atoms with Crippen LogP contribution in [-0.2, 0) is 9.53 Å². The molecule has 2 unspecified atom stereocenters. The molecule has 2 heterocycles. The van der Waals surface area contributed by atoms with Gasteiger partial charge in [0.05, 0.1) is 23.2 Å². The number of amides is 1. The summed E-state index contributed by atoms with van der Waals surface area (Å²) in [5.74, 6) is 0.0416. The smallest absolute Gasteiger partial charge is 0.269 e. The minimum Gasteiger partial charge on any atom is -0.447 e. The van der Waals surface area contributed by atoms with Crippen molar-refractivity contribution in [2.75, 3.05) is 13.2 Å². The zero-order valence-electron chi connectivity index (χ0n) is 17.0. The van der Waals surface area contributed by atoms with Crippen molar-refractivity contribution < 1.29 is 23.4 Å². The molecule has 1 amide bonds. The normalized spacial score (nSPS) is 21.8. The number of halogens is 4. The second-order valence-electron chi connectivity index (χ2n) is 7.68. The molecular formula is C24H17Cl3FNO4. The van der Waals surface area contributed by atoms with Gasteiger partial charge in [-0.05, 0) is 42.0 Å². The van der Waals surface area contributed by atoms with Crippen LogP contribution in [0.25, 0.3) is 0 Å². The van der Waals surface area contributed by atoms with Crippen molar-refractivity contribution in [3.63, 3.8) is 0 Å². The second-order valence-corrected chi connectivity index (χ2v) is 8.97. The van der Waals surface area contributed by atoms with Gasteiger partial charge in [0.25, 0.3) is 6.29 Å². The maximum Gasteiger partial charge on any atom is 0.269 e. The third-order valence-electron chi connectivity index (χ3n) is 5.69. The molecule has 9 heteroatoms. The molecular weight excluding hydrogens is 492 g/mol. The molecule has 0 aliphatic carbocycles. The molecule has 3 atom stereocenters. The lowest BCUT2D eigenvalue weighted by Crippen LogP contribution is -2.40. The lowest BCUT2D eigenvalue weighted by atomic mass is 9.92. The molecule has 5 nitrogen and oxygen atoms in total. The van der Waals surface area contributed by atoms with E-state index in [0.717, 1.165) is 5.56 Å². The lowest BCUT2D eigenvalue weighted by molar-refractivity contribution is -0.134. The van der Waals surface area contributed by atoms with Gasteiger partial charge in [-0.15, -0.1) is 0 Å². The van der Waals surface area contributed by atoms with Crippen LogP contribution in [0.15, 0.2) is 54.6 Å². The quantitative estimate of drug-likeness (QED) is 0.376. The molecule has 0 aromatic heterocycles. The van der Waals surface area contributed by atoms with Crippen molar-refractivity contribution in [2.45, 2.75) is 18.4 Å². The van der Waals surface area contributed by atoms with Crippen LogP contribution in [0.5, 0.6) is 11.5 Å². The van der Waals surface area contributed by atoms with E-state index in [1.54, 1.807) is 48.5 Å². The Labute approximate surface area is 204 Å². The predicted octanol–water partition coefficient (Wildman–Crippen LogP) is 6.53. The lowest BCUT2D eigenvalue weighted by Gasteiger charge is -2.39. The van der Waals surface area contributed by atoms with Crippen LogP contribution >= 0.6 is 34.8 Å². The first-order chi connectivity index (χ1) is 15.9. The fraction of sp³-hybridized carbons (Fsp3) is 0.208. The minimum absolute atomic E-state index is 0.240. The van der Waals surface area contributed by atoms with E-state index < -0.39 is 24.3 Å². The van der Waals surface area contributed by atoms with Crippen LogP contribution in [0.2, 0.25) is 15.1 Å². The van der Waals surface area contributed by atoms with E-state index in [4.69, 9.17) is 49.0 Å². The summed E-state index contributed by atoms with van der Waals surface area (Å²) in [6.45, 7) is 0.654. The van der Waals surface area contributed by atoms with Crippen molar-refractivity contribution in [1.82, 2.24) is 4.90 Å². The average molecular weight is 509 g/mol. The summed E-state index contributed by atoms with van der Waals surface area (Å²) >= 11 is 18.3. The van der Waals surface area contributed by atoms with Crippen molar-refractivity contribution in [2.24, 2.45) is 0 Å². The van der Waals surface area contributed by atoms with Gasteiger partial charge in [-0.3, -0.25) is 4.79 Å². The van der Waals surface area contributed by atoms with Crippen LogP contribution in [0.1, 0.15) is 35.1 Å². The van der Waals surface area contributed by atoms with E-state index in [2.05, 4.69) is 0 Å². The van der Waals surface area contributed by atoms with Gasteiger partial charge in [0, 0.05) is 28.2 Å². The Bertz CT molecular complexity index is 1210. The molecule has 3 aromatic rings. The van der Waals surface area contributed by atoms with E-state index in [1.807, 2.05) is 0 Å². The summed E-state index contributed by atoms with van der Waals surface area (Å²) < 4.78 is 33.1. The van der Waals surface area contributed by atoms with Crippen molar-refractivity contribution >= 4 is 41.2 Å². The SMILES string of the molecule is O=CN1CCOC(c2ccc(Cl)cc2)C1c1cc2c(cc1F)O[C@H](c1ccc(Cl)cc1Cl)O2. The zero-order chi connectivity index (χ0) is 23.1. The summed E-state index contributed by atoms with van der Waals surface area (Å²) in [6.07, 6.45) is -0.731. The van der Waals surface area contributed by atoms with E-state index in [1.165, 1.54) is 11.0 Å². The molecule has 1 saturated heterocycles. The summed E-state index contributed by atoms with van der Waals surface area (Å²) in [6, 6.07) is 14.1. The number of fused-ring (bicyclic) bond motifs is 1. The van der Waals surface area contributed by atoms with Crippen LogP contribution in [-0.4, -0.2) is 24.5 Å². The van der Waals surface area contributed by atoms with Gasteiger partial charge in [0.1, 0.15) is 11.9 Å². The largest absolute Gasteiger partial charge is 0.447 e. The number of ether oxygens (including phenoxy) is 3. The van der Waals surface area contributed by atoms with Gasteiger partial charge in [-0.25, -0.2) is 4.39 Å². The highest BCUT2D eigenvalue weighted by molar-refractivity contribution is 6.35. The topological polar surface area (TPSA) is 48.0 Å². The van der Waals surface area contributed by atoms with Crippen LogP contribution in [0.3, 0.4) is 0 Å². The van der Waals surface area contributed by atoms with Crippen LogP contribution < -0.4 is 9.47 Å². The van der Waals surface area contributed by atoms with Crippen molar-refractivity contribution in [3.8, 4) is 11.5 Å². The van der Waals surface area contributed by atoms with E-state index in [-0.39, 0.29) is 11.3 Å². The van der Waals surface area contributed by atoms with E-state index in [0.29, 0.717) is 45.9 Å². The zero-order valence-corrected chi connectivity index (χ0v) is 19.3. The number of carbonyl (C=O) groups is 1. The molecule has 170 valence electrons. The highest BCUT2D eigenvalue weighted by Crippen LogP contribution is 2.47. The molecule has 5 rings (SSSR count). The maximum atomic E-state index is 15.4. The Morgan fingerprint density at radius 2 is 1.61 bits per heavy atom. The third kappa shape index (κ3) is 4.24. The Hall–Kier alpha value is -2.51. The Kier molecular flexibility index (Phi) is 6.10. The monoisotopic (exact) mass is 507 g/mol. The molecule has 3 aromatic carbocycles. The Morgan fingerprint density at radius 1 is 0.909 bits per heavy atom. The number of rotatable bonds is 4. The molecule has 0 bridgehead atoms. The highest BCUT2D eigenvalue weighted by atomic mass is 35.5. The fourth-order valence-electron chi connectivity index (χ4n) is 4.12. The van der Waals surface area contributed by atoms with Gasteiger partial charge in [0.2, 0.25) is 6.41 Å². The number of hydrogen-bond donors (Lipinski definition) is 0. The third-order valence-corrected chi connectivity index (χ3v) is 6.51. The summed E-state index contributed by atoms with van der Waals surface area (Å²) in [7, 11) is 0. The molecule has 0 radical (unpaired) electrons. The van der Waals surface area contributed by atoms with Gasteiger partial charge < -0.3 is 19.1 Å². The van der Waals surface area contributed by atoms with Gasteiger partial charge >= 0.3 is 0 Å². The Morgan fingerprint density at radius 3 is 2.30 bits per heavy atom. The molecule has 33 heavy (non-hydrogen) atoms. The van der Waals surface area contributed by atoms with Crippen molar-refractivity contribution in [3.05, 3.63) is 92.2 Å². The highest BCUT2D eigenvalue weighted by Gasteiger charge is 2.38. The number of benzene rings is 3. The van der Waals surface area contributed by atoms with Crippen molar-refractivity contribution in [1.29, 1.82) is 0 Å². The number of carbonyl (C=O) groups excluding carboxylic acids is 1. The molecule has 1 fully saturated rings. The Balaban J connectivity index is 1.51. The summed E-state index contributed by atoms with van der Waals surface area (Å²) in [4.78, 5) is 13.4. The van der Waals surface area contributed by atoms with Crippen LogP contribution in [0, 0.1) is 5.82 Å². The molecule has 0 saturated carbocycles. The van der Waals surface area contributed by atoms with E-state index in [9.17, 15) is 4.79 Å². The molecule has 2 aliphatic heterocycles. The van der Waals surface area contributed by atoms with Gasteiger partial charge in [-0.2, -0.15) is 0 Å². The number of nitrogens with zero attached hydrogens (tertiary/aromatic N) is 1. The molecule has 0 spiro atoms. The summed E-state index contributed by atoms with van der Waals surface area (Å²) in [5.41, 5.74) is 1.60. The number of morpholine rings is 1. The van der Waals surface area contributed by atoms with Gasteiger partial charge in [0.15, 0.2) is 11.5 Å². The minimum atomic E-state index is -0.851. The number of hydrogen-bond acceptors (Lipinski definition) is 4. The first-order valence-electron chi connectivity index (χ1n) is 10.1. The molecule has 0 N–H and O–H groups in total. The van der Waals surface area contributed by atoms with Crippen LogP contribution in [0.4, 0.5) is 4.39 Å². The standard InChI is InChI=1S/C24H17Cl3FNO4/c25-14-3-1-13(2-4-14)23-22(29(12-30)7-8-31-23)17-10-20-21(11-19(17)28)33-24(32-20)16-6-5-15(26)9-18(16)27/h1-6,9-12,22-24H,7-8H2/t22?,23?,24-/m1/s1. The fourth-order valence-corrected chi connectivity index (χ4v) is 4.74. The predicted molar refractivity (Wildman–Crippen MR) is 123 cm³/mol. The van der Waals surface area contributed by atoms with Gasteiger partial charge in [-0.1, -0.05) is 46.9 Å². The first kappa shape index (κ1) is 22.3. The first-order valence-corrected chi connectivity index (χ1v) is 11.3. The maximum absolute atomic E-state index is 15.4. The summed E-state index contributed by atoms with van der Waals surface area (Å²) in [5, 5.41) is 1.42. The molecule has 2 aliphatic rings. The second kappa shape index (κ2) is 9.03. The average Bonchev–Trinajstić information content (AvgIpc) is 3.21. The van der Waals surface area contributed by atoms with E-state index >= 15 is 4.39 Å².